The fourth-order valence-corrected chi connectivity index (χ4v) is 2.38. The van der Waals surface area contributed by atoms with E-state index in [0.29, 0.717) is 6.42 Å². The maximum absolute atomic E-state index is 10.6. The maximum atomic E-state index is 10.6. The van der Waals surface area contributed by atoms with Gasteiger partial charge in [-0.15, -0.1) is 0 Å². The Morgan fingerprint density at radius 2 is 1.75 bits per heavy atom. The van der Waals surface area contributed by atoms with Gasteiger partial charge >= 0.3 is 11.7 Å². The second-order valence-corrected chi connectivity index (χ2v) is 5.60. The number of unbranched alkanes of at least 4 members (excludes halogenated alkanes) is 7. The van der Waals surface area contributed by atoms with Gasteiger partial charge in [-0.3, -0.25) is 9.58 Å². The summed E-state index contributed by atoms with van der Waals surface area (Å²) in [5, 5.41) is 8.07. The van der Waals surface area contributed by atoms with E-state index in [2.05, 4.69) is 9.73 Å². The van der Waals surface area contributed by atoms with Crippen LogP contribution in [0.3, 0.4) is 0 Å². The van der Waals surface area contributed by atoms with Crippen LogP contribution >= 0.6 is 0 Å². The average molecular weight is 283 g/mol. The molecular formula is C15H25NO4. The molecule has 5 nitrogen and oxygen atoms in total. The van der Waals surface area contributed by atoms with Gasteiger partial charge in [-0.1, -0.05) is 44.9 Å². The van der Waals surface area contributed by atoms with E-state index in [-0.39, 0.29) is 6.10 Å². The molecule has 1 N–H and O–H groups in total. The third-order valence-electron chi connectivity index (χ3n) is 3.84. The summed E-state index contributed by atoms with van der Waals surface area (Å²) in [6, 6.07) is 0. The van der Waals surface area contributed by atoms with Crippen LogP contribution in [0.2, 0.25) is 0 Å². The highest BCUT2D eigenvalue weighted by molar-refractivity contribution is 5.68. The van der Waals surface area contributed by atoms with Gasteiger partial charge in [-0.05, 0) is 12.8 Å². The Labute approximate surface area is 121 Å². The largest absolute Gasteiger partial charge is 0.361 e. The van der Waals surface area contributed by atoms with E-state index in [1.165, 1.54) is 25.7 Å². The first kappa shape index (κ1) is 16.9. The van der Waals surface area contributed by atoms with Crippen LogP contribution in [0.4, 0.5) is 0 Å². The quantitative estimate of drug-likeness (QED) is 0.205. The molecule has 1 rings (SSSR count). The molecular weight excluding hydrogens is 258 g/mol. The zero-order chi connectivity index (χ0) is 14.8. The predicted molar refractivity (Wildman–Crippen MR) is 74.8 cm³/mol. The van der Waals surface area contributed by atoms with Crippen LogP contribution in [0.1, 0.15) is 71.1 Å². The second-order valence-electron chi connectivity index (χ2n) is 5.60. The third kappa shape index (κ3) is 6.36. The van der Waals surface area contributed by atoms with Crippen molar-refractivity contribution in [3.05, 3.63) is 11.4 Å². The summed E-state index contributed by atoms with van der Waals surface area (Å²) in [6.45, 7) is 8.83. The first-order valence-corrected chi connectivity index (χ1v) is 7.53. The van der Waals surface area contributed by atoms with Gasteiger partial charge in [0.1, 0.15) is 0 Å². The summed E-state index contributed by atoms with van der Waals surface area (Å²) in [6.07, 6.45) is 10.3. The van der Waals surface area contributed by atoms with E-state index in [0.717, 1.165) is 32.1 Å². The molecule has 1 heterocycles. The predicted octanol–water partition coefficient (Wildman–Crippen LogP) is 3.94. The molecule has 0 aromatic heterocycles. The number of carbonyl (C=O) groups excluding carboxylic acids is 1. The Balaban J connectivity index is 1.78. The first-order valence-electron chi connectivity index (χ1n) is 7.53. The summed E-state index contributed by atoms with van der Waals surface area (Å²) < 4.78 is 5.34. The number of carbonyl (C=O) groups is 1. The molecule has 2 unspecified atom stereocenters. The number of hydrogen-bond donors (Lipinski definition) is 1. The van der Waals surface area contributed by atoms with E-state index in [1.807, 2.05) is 6.92 Å². The van der Waals surface area contributed by atoms with Gasteiger partial charge in [0, 0.05) is 13.3 Å². The smallest absolute Gasteiger partial charge is 0.301 e. The van der Waals surface area contributed by atoms with Crippen LogP contribution in [0.15, 0.2) is 0 Å². The van der Waals surface area contributed by atoms with Crippen molar-refractivity contribution >= 4 is 5.97 Å². The van der Waals surface area contributed by atoms with E-state index in [9.17, 15) is 4.79 Å². The highest BCUT2D eigenvalue weighted by atomic mass is 17.1. The lowest BCUT2D eigenvalue weighted by atomic mass is 10.0. The van der Waals surface area contributed by atoms with Gasteiger partial charge in [-0.2, -0.15) is 5.26 Å². The van der Waals surface area contributed by atoms with E-state index in [4.69, 9.17) is 16.6 Å². The molecule has 114 valence electrons. The summed E-state index contributed by atoms with van der Waals surface area (Å²) in [7, 11) is 0. The lowest BCUT2D eigenvalue weighted by molar-refractivity contribution is -0.234. The summed E-state index contributed by atoms with van der Waals surface area (Å²) in [5.41, 5.74) is -0.518. The molecule has 0 radical (unpaired) electrons. The number of nitrogens with zero attached hydrogens (tertiary/aromatic N) is 1. The molecule has 0 aromatic rings. The van der Waals surface area contributed by atoms with Crippen molar-refractivity contribution in [1.29, 1.82) is 0 Å². The number of epoxide rings is 1. The fraction of sp³-hybridized carbons (Fsp3) is 0.867. The Morgan fingerprint density at radius 1 is 1.20 bits per heavy atom. The molecule has 20 heavy (non-hydrogen) atoms. The molecule has 0 aromatic carbocycles. The van der Waals surface area contributed by atoms with Crippen LogP contribution in [0, 0.1) is 6.57 Å². The molecule has 0 amide bonds. The van der Waals surface area contributed by atoms with Gasteiger partial charge in [0.25, 0.3) is 0 Å². The highest BCUT2D eigenvalue weighted by Gasteiger charge is 2.59. The minimum absolute atomic E-state index is 0.159. The van der Waals surface area contributed by atoms with Crippen molar-refractivity contribution in [3.63, 3.8) is 0 Å². The van der Waals surface area contributed by atoms with Crippen LogP contribution in [-0.4, -0.2) is 23.1 Å². The zero-order valence-corrected chi connectivity index (χ0v) is 12.3. The van der Waals surface area contributed by atoms with Crippen LogP contribution in [0.5, 0.6) is 0 Å². The SMILES string of the molecule is [C-]#[N+]C1(C)OC1CCCCCCCCCCC(=O)OO. The zero-order valence-electron chi connectivity index (χ0n) is 12.3. The summed E-state index contributed by atoms with van der Waals surface area (Å²) in [5.74, 6) is -0.543. The van der Waals surface area contributed by atoms with Gasteiger partial charge < -0.3 is 4.89 Å². The first-order chi connectivity index (χ1) is 9.62. The Kier molecular flexibility index (Phi) is 7.56. The van der Waals surface area contributed by atoms with Crippen molar-refractivity contribution in [2.45, 2.75) is 83.0 Å². The van der Waals surface area contributed by atoms with E-state index in [1.54, 1.807) is 0 Å². The average Bonchev–Trinajstić information content (AvgIpc) is 3.12. The highest BCUT2D eigenvalue weighted by Crippen LogP contribution is 2.40. The van der Waals surface area contributed by atoms with E-state index < -0.39 is 11.7 Å². The van der Waals surface area contributed by atoms with Gasteiger partial charge in [0.05, 0.1) is 0 Å². The Morgan fingerprint density at radius 3 is 2.25 bits per heavy atom. The summed E-state index contributed by atoms with van der Waals surface area (Å²) >= 11 is 0. The van der Waals surface area contributed by atoms with E-state index >= 15 is 0 Å². The molecule has 2 atom stereocenters. The number of rotatable bonds is 11. The molecule has 5 heteroatoms. The van der Waals surface area contributed by atoms with Crippen molar-refractivity contribution in [2.75, 3.05) is 0 Å². The topological polar surface area (TPSA) is 63.4 Å². The molecule has 0 bridgehead atoms. The minimum Gasteiger partial charge on any atom is -0.301 e. The van der Waals surface area contributed by atoms with Crippen LogP contribution < -0.4 is 0 Å². The Bertz CT molecular complexity index is 339. The standard InChI is InChI=1S/C15H25NO4/c1-15(16-2)13(19-15)11-9-7-5-3-4-6-8-10-12-14(17)20-18/h13,18H,3-12H2,1H3. The molecule has 1 saturated heterocycles. The van der Waals surface area contributed by atoms with Gasteiger partial charge in [-0.25, -0.2) is 11.4 Å². The van der Waals surface area contributed by atoms with Crippen molar-refractivity contribution in [1.82, 2.24) is 0 Å². The van der Waals surface area contributed by atoms with Gasteiger partial charge in [0.15, 0.2) is 6.10 Å². The van der Waals surface area contributed by atoms with Crippen molar-refractivity contribution in [2.24, 2.45) is 0 Å². The maximum Gasteiger partial charge on any atom is 0.361 e. The summed E-state index contributed by atoms with van der Waals surface area (Å²) in [4.78, 5) is 17.7. The molecule has 0 saturated carbocycles. The Hall–Kier alpha value is -1.12. The molecule has 1 aliphatic rings. The van der Waals surface area contributed by atoms with Gasteiger partial charge in [0.2, 0.25) is 0 Å². The van der Waals surface area contributed by atoms with Crippen LogP contribution in [-0.2, 0) is 14.4 Å². The monoisotopic (exact) mass is 283 g/mol. The fourth-order valence-electron chi connectivity index (χ4n) is 2.38. The number of hydrogen-bond acceptors (Lipinski definition) is 4. The molecule has 0 aliphatic carbocycles. The van der Waals surface area contributed by atoms with Crippen LogP contribution in [0.25, 0.3) is 4.85 Å². The van der Waals surface area contributed by atoms with Crippen molar-refractivity contribution < 1.29 is 19.7 Å². The minimum atomic E-state index is -0.543. The molecule has 1 aliphatic heterocycles. The molecule has 1 fully saturated rings. The lowest BCUT2D eigenvalue weighted by Gasteiger charge is -2.01. The third-order valence-corrected chi connectivity index (χ3v) is 3.84. The number of ether oxygens (including phenoxy) is 1. The second kappa shape index (κ2) is 8.93. The normalized spacial score (nSPS) is 24.1. The lowest BCUT2D eigenvalue weighted by Crippen LogP contribution is -2.02. The molecule has 0 spiro atoms. The van der Waals surface area contributed by atoms with Crippen molar-refractivity contribution in [3.8, 4) is 0 Å².